The van der Waals surface area contributed by atoms with Crippen LogP contribution < -0.4 is 5.73 Å². The van der Waals surface area contributed by atoms with Crippen molar-refractivity contribution in [2.24, 2.45) is 5.73 Å². The van der Waals surface area contributed by atoms with Gasteiger partial charge < -0.3 is 10.3 Å². The Balaban J connectivity index is 2.19. The number of benzene rings is 1. The lowest BCUT2D eigenvalue weighted by atomic mass is 10.1. The van der Waals surface area contributed by atoms with E-state index in [0.717, 1.165) is 15.2 Å². The molecule has 2 N–H and O–H groups in total. The second-order valence-electron chi connectivity index (χ2n) is 6.42. The molecule has 0 atom stereocenters. The van der Waals surface area contributed by atoms with Gasteiger partial charge in [-0.1, -0.05) is 11.6 Å². The fourth-order valence-electron chi connectivity index (χ4n) is 2.90. The molecule has 0 radical (unpaired) electrons. The minimum absolute atomic E-state index is 0.0123. The molecule has 1 aromatic carbocycles. The van der Waals surface area contributed by atoms with Crippen LogP contribution in [-0.4, -0.2) is 42.9 Å². The largest absolute Gasteiger partial charge is 0.340 e. The molecule has 0 aliphatic carbocycles. The van der Waals surface area contributed by atoms with Crippen molar-refractivity contribution in [3.63, 3.8) is 0 Å². The molecule has 0 aliphatic rings. The zero-order chi connectivity index (χ0) is 20.5. The van der Waals surface area contributed by atoms with Gasteiger partial charge in [-0.3, -0.25) is 4.98 Å². The molecule has 0 saturated carbocycles. The Morgan fingerprint density at radius 3 is 2.75 bits per heavy atom. The normalized spacial score (nSPS) is 12.9. The second kappa shape index (κ2) is 8.00. The van der Waals surface area contributed by atoms with Gasteiger partial charge in [-0.2, -0.15) is 0 Å². The third-order valence-corrected chi connectivity index (χ3v) is 6.32. The van der Waals surface area contributed by atoms with Gasteiger partial charge >= 0.3 is 0 Å². The third-order valence-electron chi connectivity index (χ3n) is 4.31. The summed E-state index contributed by atoms with van der Waals surface area (Å²) in [7, 11) is -0.716. The van der Waals surface area contributed by atoms with Crippen molar-refractivity contribution in [2.45, 2.75) is 11.4 Å². The van der Waals surface area contributed by atoms with Crippen molar-refractivity contribution in [1.29, 1.82) is 0 Å². The van der Waals surface area contributed by atoms with Crippen LogP contribution in [0.1, 0.15) is 0 Å². The van der Waals surface area contributed by atoms with E-state index in [1.165, 1.54) is 26.4 Å². The van der Waals surface area contributed by atoms with Gasteiger partial charge in [-0.15, -0.1) is 0 Å². The number of sulfonamides is 1. The van der Waals surface area contributed by atoms with E-state index in [1.807, 2.05) is 0 Å². The molecule has 3 rings (SSSR count). The molecule has 0 fully saturated rings. The summed E-state index contributed by atoms with van der Waals surface area (Å²) in [4.78, 5) is 4.16. The molecule has 148 valence electrons. The first-order chi connectivity index (χ1) is 13.2. The van der Waals surface area contributed by atoms with E-state index in [9.17, 15) is 12.8 Å². The number of aromatic nitrogens is 2. The number of nitrogens with zero attached hydrogens (tertiary/aromatic N) is 3. The van der Waals surface area contributed by atoms with Gasteiger partial charge in [0.15, 0.2) is 0 Å². The van der Waals surface area contributed by atoms with Crippen molar-refractivity contribution in [1.82, 2.24) is 13.9 Å². The lowest BCUT2D eigenvalue weighted by molar-refractivity contribution is 0.520. The summed E-state index contributed by atoms with van der Waals surface area (Å²) < 4.78 is 41.8. The molecule has 28 heavy (non-hydrogen) atoms. The van der Waals surface area contributed by atoms with E-state index < -0.39 is 10.0 Å². The van der Waals surface area contributed by atoms with Crippen LogP contribution in [0.3, 0.4) is 0 Å². The molecule has 0 saturated heterocycles. The standard InChI is InChI=1S/C19H20ClFN4O2S/c1-24(2)28(26,27)16-7-13(9-23-10-16)18-12-25(11-15(21)5-6-22)19-4-3-14(20)8-17(18)19/h3-5,7-10,12H,6,11,22H2,1-2H3. The topological polar surface area (TPSA) is 81.2 Å². The highest BCUT2D eigenvalue weighted by molar-refractivity contribution is 7.89. The summed E-state index contributed by atoms with van der Waals surface area (Å²) in [6, 6.07) is 6.83. The Labute approximate surface area is 168 Å². The van der Waals surface area contributed by atoms with Crippen molar-refractivity contribution >= 4 is 32.5 Å². The molecular weight excluding hydrogens is 403 g/mol. The average molecular weight is 423 g/mol. The molecule has 0 bridgehead atoms. The van der Waals surface area contributed by atoms with Gasteiger partial charge in [-0.05, 0) is 30.3 Å². The zero-order valence-electron chi connectivity index (χ0n) is 15.4. The summed E-state index contributed by atoms with van der Waals surface area (Å²) in [5.41, 5.74) is 7.45. The van der Waals surface area contributed by atoms with Gasteiger partial charge in [0.2, 0.25) is 10.0 Å². The van der Waals surface area contributed by atoms with E-state index in [4.69, 9.17) is 17.3 Å². The van der Waals surface area contributed by atoms with E-state index in [2.05, 4.69) is 4.98 Å². The molecule has 0 aliphatic heterocycles. The van der Waals surface area contributed by atoms with Gasteiger partial charge in [0, 0.05) is 66.3 Å². The Hall–Kier alpha value is -2.26. The lowest BCUT2D eigenvalue weighted by Crippen LogP contribution is -2.22. The Kier molecular flexibility index (Phi) is 5.85. The Morgan fingerprint density at radius 2 is 2.07 bits per heavy atom. The number of rotatable bonds is 6. The predicted molar refractivity (Wildman–Crippen MR) is 109 cm³/mol. The minimum atomic E-state index is -3.63. The molecule has 6 nitrogen and oxygen atoms in total. The third kappa shape index (κ3) is 3.95. The van der Waals surface area contributed by atoms with E-state index in [0.29, 0.717) is 16.1 Å². The summed E-state index contributed by atoms with van der Waals surface area (Å²) in [6.07, 6.45) is 5.94. The number of nitrogens with two attached hydrogens (primary N) is 1. The second-order valence-corrected chi connectivity index (χ2v) is 9.00. The summed E-state index contributed by atoms with van der Waals surface area (Å²) >= 11 is 6.16. The van der Waals surface area contributed by atoms with Crippen molar-refractivity contribution < 1.29 is 12.8 Å². The minimum Gasteiger partial charge on any atom is -0.340 e. The van der Waals surface area contributed by atoms with E-state index in [1.54, 1.807) is 41.2 Å². The lowest BCUT2D eigenvalue weighted by Gasteiger charge is -2.11. The quantitative estimate of drug-likeness (QED) is 0.660. The van der Waals surface area contributed by atoms with Crippen LogP contribution in [0.15, 0.2) is 59.7 Å². The molecule has 2 aromatic heterocycles. The number of fused-ring (bicyclic) bond motifs is 1. The Bertz CT molecular complexity index is 1160. The molecule has 0 amide bonds. The van der Waals surface area contributed by atoms with Crippen LogP contribution in [0.2, 0.25) is 5.02 Å². The molecule has 2 heterocycles. The fourth-order valence-corrected chi connectivity index (χ4v) is 3.97. The van der Waals surface area contributed by atoms with Gasteiger partial charge in [0.1, 0.15) is 10.7 Å². The van der Waals surface area contributed by atoms with Crippen LogP contribution in [0.4, 0.5) is 4.39 Å². The van der Waals surface area contributed by atoms with Gasteiger partial charge in [-0.25, -0.2) is 17.1 Å². The van der Waals surface area contributed by atoms with Crippen LogP contribution in [0.5, 0.6) is 0 Å². The van der Waals surface area contributed by atoms with Gasteiger partial charge in [0.05, 0.1) is 6.54 Å². The van der Waals surface area contributed by atoms with Crippen LogP contribution >= 0.6 is 11.6 Å². The smallest absolute Gasteiger partial charge is 0.244 e. The first-order valence-corrected chi connectivity index (χ1v) is 10.3. The monoisotopic (exact) mass is 422 g/mol. The summed E-state index contributed by atoms with van der Waals surface area (Å²) in [5.74, 6) is -0.358. The molecule has 3 aromatic rings. The summed E-state index contributed by atoms with van der Waals surface area (Å²) in [6.45, 7) is 0.122. The first-order valence-electron chi connectivity index (χ1n) is 8.45. The predicted octanol–water partition coefficient (Wildman–Crippen LogP) is 3.42. The van der Waals surface area contributed by atoms with Crippen molar-refractivity contribution in [3.05, 3.63) is 59.8 Å². The summed E-state index contributed by atoms with van der Waals surface area (Å²) in [5, 5.41) is 1.30. The van der Waals surface area contributed by atoms with Gasteiger partial charge in [0.25, 0.3) is 0 Å². The Morgan fingerprint density at radius 1 is 1.32 bits per heavy atom. The zero-order valence-corrected chi connectivity index (χ0v) is 17.0. The average Bonchev–Trinajstić information content (AvgIpc) is 2.99. The van der Waals surface area contributed by atoms with Crippen LogP contribution in [-0.2, 0) is 16.6 Å². The SMILES string of the molecule is CN(C)S(=O)(=O)c1cncc(-c2cn(CC(F)=CCN)c3ccc(Cl)cc23)c1. The van der Waals surface area contributed by atoms with Crippen LogP contribution in [0, 0.1) is 0 Å². The fraction of sp³-hybridized carbons (Fsp3) is 0.211. The maximum absolute atomic E-state index is 14.1. The molecular formula is C19H20ClFN4O2S. The number of pyridine rings is 1. The highest BCUT2D eigenvalue weighted by atomic mass is 35.5. The maximum Gasteiger partial charge on any atom is 0.244 e. The molecule has 0 unspecified atom stereocenters. The number of hydrogen-bond acceptors (Lipinski definition) is 4. The van der Waals surface area contributed by atoms with E-state index >= 15 is 0 Å². The van der Waals surface area contributed by atoms with Crippen LogP contribution in [0.25, 0.3) is 22.0 Å². The highest BCUT2D eigenvalue weighted by Gasteiger charge is 2.20. The highest BCUT2D eigenvalue weighted by Crippen LogP contribution is 2.33. The first kappa shape index (κ1) is 20.5. The number of halogens is 2. The molecule has 0 spiro atoms. The number of hydrogen-bond donors (Lipinski definition) is 1. The molecule has 9 heteroatoms. The maximum atomic E-state index is 14.1. The van der Waals surface area contributed by atoms with Crippen molar-refractivity contribution in [3.8, 4) is 11.1 Å². The van der Waals surface area contributed by atoms with E-state index in [-0.39, 0.29) is 23.8 Å². The number of allylic oxidation sites excluding steroid dienone is 1. The van der Waals surface area contributed by atoms with Crippen molar-refractivity contribution in [2.75, 3.05) is 20.6 Å².